The zero-order valence-corrected chi connectivity index (χ0v) is 19.8. The molecule has 0 radical (unpaired) electrons. The number of methoxy groups -OCH3 is 1. The van der Waals surface area contributed by atoms with Gasteiger partial charge in [-0.05, 0) is 60.5 Å². The van der Waals surface area contributed by atoms with Crippen molar-refractivity contribution in [1.29, 1.82) is 5.26 Å². The summed E-state index contributed by atoms with van der Waals surface area (Å²) >= 11 is 9.41. The molecule has 0 aromatic heterocycles. The summed E-state index contributed by atoms with van der Waals surface area (Å²) in [6, 6.07) is 20.1. The van der Waals surface area contributed by atoms with Gasteiger partial charge in [0.2, 0.25) is 0 Å². The molecule has 0 spiro atoms. The van der Waals surface area contributed by atoms with Gasteiger partial charge in [0, 0.05) is 15.2 Å². The summed E-state index contributed by atoms with van der Waals surface area (Å²) in [6.07, 6.45) is 1.50. The Morgan fingerprint density at radius 2 is 1.81 bits per heavy atom. The Labute approximate surface area is 200 Å². The lowest BCUT2D eigenvalue weighted by Gasteiger charge is -2.13. The van der Waals surface area contributed by atoms with Gasteiger partial charge >= 0.3 is 0 Å². The van der Waals surface area contributed by atoms with Crippen LogP contribution in [0.25, 0.3) is 6.08 Å². The van der Waals surface area contributed by atoms with E-state index >= 15 is 0 Å². The predicted molar refractivity (Wildman–Crippen MR) is 130 cm³/mol. The van der Waals surface area contributed by atoms with Crippen LogP contribution in [0.2, 0.25) is 5.02 Å². The first-order chi connectivity index (χ1) is 15.4. The molecule has 0 aliphatic rings. The van der Waals surface area contributed by atoms with Crippen molar-refractivity contribution in [2.24, 2.45) is 0 Å². The van der Waals surface area contributed by atoms with Gasteiger partial charge in [0.25, 0.3) is 5.91 Å². The van der Waals surface area contributed by atoms with Crippen LogP contribution in [0.1, 0.15) is 16.7 Å². The van der Waals surface area contributed by atoms with Crippen molar-refractivity contribution in [3.05, 3.63) is 92.4 Å². The van der Waals surface area contributed by atoms with E-state index in [1.807, 2.05) is 37.3 Å². The van der Waals surface area contributed by atoms with E-state index in [9.17, 15) is 10.1 Å². The van der Waals surface area contributed by atoms with Crippen LogP contribution in [0, 0.1) is 18.3 Å². The van der Waals surface area contributed by atoms with E-state index in [4.69, 9.17) is 21.1 Å². The average molecular weight is 512 g/mol. The van der Waals surface area contributed by atoms with Crippen LogP contribution < -0.4 is 14.8 Å². The highest BCUT2D eigenvalue weighted by molar-refractivity contribution is 9.10. The molecular formula is C25H20BrClN2O3. The standard InChI is InChI=1S/C25H20BrClN2O3/c1-16-3-9-21(10-4-16)29-25(30)19(14-28)11-18-12-23(31-2)24(13-22(18)26)32-15-17-5-7-20(27)8-6-17/h3-13H,15H2,1-2H3,(H,29,30)/b19-11+. The van der Waals surface area contributed by atoms with Crippen molar-refractivity contribution in [2.45, 2.75) is 13.5 Å². The molecule has 5 nitrogen and oxygen atoms in total. The van der Waals surface area contributed by atoms with Crippen LogP contribution >= 0.6 is 27.5 Å². The monoisotopic (exact) mass is 510 g/mol. The van der Waals surface area contributed by atoms with E-state index in [2.05, 4.69) is 21.2 Å². The average Bonchev–Trinajstić information content (AvgIpc) is 2.79. The maximum atomic E-state index is 12.6. The number of carbonyl (C=O) groups is 1. The minimum absolute atomic E-state index is 0.0387. The van der Waals surface area contributed by atoms with Gasteiger partial charge in [-0.2, -0.15) is 5.26 Å². The lowest BCUT2D eigenvalue weighted by Crippen LogP contribution is -2.13. The molecule has 32 heavy (non-hydrogen) atoms. The Morgan fingerprint density at radius 1 is 1.12 bits per heavy atom. The Morgan fingerprint density at radius 3 is 2.44 bits per heavy atom. The summed E-state index contributed by atoms with van der Waals surface area (Å²) in [5.74, 6) is 0.504. The summed E-state index contributed by atoms with van der Waals surface area (Å²) in [5, 5.41) is 12.9. The van der Waals surface area contributed by atoms with E-state index in [0.717, 1.165) is 11.1 Å². The molecule has 162 valence electrons. The number of nitriles is 1. The van der Waals surface area contributed by atoms with Crippen LogP contribution in [0.15, 0.2) is 70.7 Å². The first-order valence-corrected chi connectivity index (χ1v) is 10.8. The molecule has 0 unspecified atom stereocenters. The molecule has 0 aliphatic carbocycles. The van der Waals surface area contributed by atoms with Gasteiger partial charge in [0.1, 0.15) is 18.2 Å². The molecule has 0 heterocycles. The Balaban J connectivity index is 1.80. The molecule has 0 saturated heterocycles. The number of aryl methyl sites for hydroxylation is 1. The van der Waals surface area contributed by atoms with Gasteiger partial charge in [-0.15, -0.1) is 0 Å². The number of halogens is 2. The summed E-state index contributed by atoms with van der Waals surface area (Å²) in [6.45, 7) is 2.29. The molecule has 1 N–H and O–H groups in total. The quantitative estimate of drug-likeness (QED) is 0.289. The number of hydrogen-bond donors (Lipinski definition) is 1. The van der Waals surface area contributed by atoms with E-state index in [1.165, 1.54) is 13.2 Å². The zero-order chi connectivity index (χ0) is 23.1. The number of carbonyl (C=O) groups excluding carboxylic acids is 1. The van der Waals surface area contributed by atoms with Crippen LogP contribution in [0.3, 0.4) is 0 Å². The van der Waals surface area contributed by atoms with Gasteiger partial charge in [0.05, 0.1) is 7.11 Å². The number of nitrogens with zero attached hydrogens (tertiary/aromatic N) is 1. The normalized spacial score (nSPS) is 10.9. The minimum Gasteiger partial charge on any atom is -0.493 e. The predicted octanol–water partition coefficient (Wildman–Crippen LogP) is 6.54. The van der Waals surface area contributed by atoms with E-state index < -0.39 is 5.91 Å². The molecule has 3 rings (SSSR count). The number of ether oxygens (including phenoxy) is 2. The maximum absolute atomic E-state index is 12.6. The van der Waals surface area contributed by atoms with E-state index in [0.29, 0.717) is 38.9 Å². The number of anilines is 1. The molecule has 0 atom stereocenters. The highest BCUT2D eigenvalue weighted by atomic mass is 79.9. The largest absolute Gasteiger partial charge is 0.493 e. The molecule has 7 heteroatoms. The van der Waals surface area contributed by atoms with Crippen LogP contribution in [-0.2, 0) is 11.4 Å². The van der Waals surface area contributed by atoms with Crippen molar-refractivity contribution in [3.8, 4) is 17.6 Å². The number of hydrogen-bond acceptors (Lipinski definition) is 4. The molecule has 0 bridgehead atoms. The molecule has 1 amide bonds. The Kier molecular flexibility index (Phi) is 7.93. The van der Waals surface area contributed by atoms with E-state index in [-0.39, 0.29) is 5.57 Å². The number of nitrogens with one attached hydrogen (secondary N) is 1. The molecule has 0 aliphatic heterocycles. The van der Waals surface area contributed by atoms with Crippen molar-refractivity contribution in [3.63, 3.8) is 0 Å². The maximum Gasteiger partial charge on any atom is 0.266 e. The molecule has 0 fully saturated rings. The third kappa shape index (κ3) is 6.13. The highest BCUT2D eigenvalue weighted by Gasteiger charge is 2.14. The summed E-state index contributed by atoms with van der Waals surface area (Å²) < 4.78 is 12.0. The lowest BCUT2D eigenvalue weighted by molar-refractivity contribution is -0.112. The fourth-order valence-corrected chi connectivity index (χ4v) is 3.38. The zero-order valence-electron chi connectivity index (χ0n) is 17.5. The van der Waals surface area contributed by atoms with Crippen LogP contribution in [0.4, 0.5) is 5.69 Å². The number of amides is 1. The first-order valence-electron chi connectivity index (χ1n) is 9.64. The van der Waals surface area contributed by atoms with Crippen molar-refractivity contribution >= 4 is 45.2 Å². The molecule has 3 aromatic carbocycles. The fraction of sp³-hybridized carbons (Fsp3) is 0.120. The van der Waals surface area contributed by atoms with Crippen molar-refractivity contribution < 1.29 is 14.3 Å². The van der Waals surface area contributed by atoms with Crippen LogP contribution in [-0.4, -0.2) is 13.0 Å². The van der Waals surface area contributed by atoms with Crippen LogP contribution in [0.5, 0.6) is 11.5 Å². The highest BCUT2D eigenvalue weighted by Crippen LogP contribution is 2.35. The summed E-state index contributed by atoms with van der Waals surface area (Å²) in [7, 11) is 1.53. The second kappa shape index (κ2) is 10.9. The van der Waals surface area contributed by atoms with E-state index in [1.54, 1.807) is 36.4 Å². The molecular weight excluding hydrogens is 492 g/mol. The molecule has 3 aromatic rings. The Hall–Kier alpha value is -3.27. The van der Waals surface area contributed by atoms with Gasteiger partial charge < -0.3 is 14.8 Å². The van der Waals surface area contributed by atoms with Gasteiger partial charge in [-0.25, -0.2) is 0 Å². The smallest absolute Gasteiger partial charge is 0.266 e. The second-order valence-electron chi connectivity index (χ2n) is 6.93. The SMILES string of the molecule is COc1cc(/C=C(\C#N)C(=O)Nc2ccc(C)cc2)c(Br)cc1OCc1ccc(Cl)cc1. The fourth-order valence-electron chi connectivity index (χ4n) is 2.81. The number of rotatable bonds is 7. The molecule has 0 saturated carbocycles. The second-order valence-corrected chi connectivity index (χ2v) is 8.22. The van der Waals surface area contributed by atoms with Crippen molar-refractivity contribution in [2.75, 3.05) is 12.4 Å². The third-order valence-corrected chi connectivity index (χ3v) is 5.50. The number of benzene rings is 3. The lowest BCUT2D eigenvalue weighted by atomic mass is 10.1. The topological polar surface area (TPSA) is 71.3 Å². The summed E-state index contributed by atoms with van der Waals surface area (Å²) in [4.78, 5) is 12.6. The Bertz CT molecular complexity index is 1180. The van der Waals surface area contributed by atoms with Gasteiger partial charge in [-0.3, -0.25) is 4.79 Å². The van der Waals surface area contributed by atoms with Gasteiger partial charge in [-0.1, -0.05) is 57.4 Å². The van der Waals surface area contributed by atoms with Crippen molar-refractivity contribution in [1.82, 2.24) is 0 Å². The summed E-state index contributed by atoms with van der Waals surface area (Å²) in [5.41, 5.74) is 3.22. The van der Waals surface area contributed by atoms with Gasteiger partial charge in [0.15, 0.2) is 11.5 Å². The third-order valence-electron chi connectivity index (χ3n) is 4.56. The first kappa shape index (κ1) is 23.4. The minimum atomic E-state index is -0.495.